The lowest BCUT2D eigenvalue weighted by Gasteiger charge is -2.16. The van der Waals surface area contributed by atoms with Gasteiger partial charge >= 0.3 is 0 Å². The van der Waals surface area contributed by atoms with Crippen LogP contribution in [-0.2, 0) is 0 Å². The fourth-order valence-corrected chi connectivity index (χ4v) is 1.49. The lowest BCUT2D eigenvalue weighted by molar-refractivity contribution is 0.100. The quantitative estimate of drug-likeness (QED) is 0.777. The van der Waals surface area contributed by atoms with E-state index in [1.54, 1.807) is 12.1 Å². The molecule has 0 unspecified atom stereocenters. The molecule has 1 rings (SSSR count). The Hall–Kier alpha value is -1.51. The largest absolute Gasteiger partial charge is 0.382 e. The molecule has 1 amide bonds. The first-order valence-electron chi connectivity index (χ1n) is 5.33. The van der Waals surface area contributed by atoms with Crippen LogP contribution in [0.2, 0.25) is 0 Å². The number of carbonyl (C=O) groups excluding carboxylic acids is 1. The number of anilines is 1. The third-order valence-electron chi connectivity index (χ3n) is 2.50. The van der Waals surface area contributed by atoms with Gasteiger partial charge in [-0.25, -0.2) is 0 Å². The predicted molar refractivity (Wildman–Crippen MR) is 63.0 cm³/mol. The molecule has 0 saturated heterocycles. The van der Waals surface area contributed by atoms with Gasteiger partial charge in [0.05, 0.1) is 0 Å². The number of carbonyl (C=O) groups is 1. The maximum absolute atomic E-state index is 11.0. The Morgan fingerprint density at radius 1 is 1.40 bits per heavy atom. The maximum Gasteiger partial charge on any atom is 0.248 e. The van der Waals surface area contributed by atoms with Crippen molar-refractivity contribution >= 4 is 11.6 Å². The van der Waals surface area contributed by atoms with Gasteiger partial charge in [-0.05, 0) is 31.0 Å². The van der Waals surface area contributed by atoms with E-state index in [4.69, 9.17) is 5.73 Å². The molecule has 1 aromatic rings. The average Bonchev–Trinajstić information content (AvgIpc) is 2.26. The Kier molecular flexibility index (Phi) is 4.16. The molecule has 15 heavy (non-hydrogen) atoms. The monoisotopic (exact) mass is 206 g/mol. The summed E-state index contributed by atoms with van der Waals surface area (Å²) in [5.41, 5.74) is 6.72. The molecule has 0 spiro atoms. The summed E-state index contributed by atoms with van der Waals surface area (Å²) in [5.74, 6) is -0.386. The molecular weight excluding hydrogens is 188 g/mol. The Morgan fingerprint density at radius 2 is 2.07 bits per heavy atom. The van der Waals surface area contributed by atoms with E-state index in [9.17, 15) is 4.79 Å². The van der Waals surface area contributed by atoms with Gasteiger partial charge in [0.15, 0.2) is 0 Å². The zero-order chi connectivity index (χ0) is 11.3. The first kappa shape index (κ1) is 11.6. The number of primary amides is 1. The standard InChI is InChI=1S/C12H18N2O/c1-3-10(4-2)14-11-7-5-6-9(8-11)12(13)15/h5-8,10,14H,3-4H2,1-2H3,(H2,13,15). The minimum atomic E-state index is -0.386. The Bertz CT molecular complexity index is 332. The molecule has 0 aliphatic carbocycles. The SMILES string of the molecule is CCC(CC)Nc1cccc(C(N)=O)c1. The molecule has 1 aromatic carbocycles. The summed E-state index contributed by atoms with van der Waals surface area (Å²) in [7, 11) is 0. The molecule has 0 atom stereocenters. The second-order valence-electron chi connectivity index (χ2n) is 3.60. The summed E-state index contributed by atoms with van der Waals surface area (Å²) in [4.78, 5) is 11.0. The van der Waals surface area contributed by atoms with Gasteiger partial charge in [0.25, 0.3) is 0 Å². The molecule has 0 saturated carbocycles. The maximum atomic E-state index is 11.0. The van der Waals surface area contributed by atoms with Crippen molar-refractivity contribution in [2.24, 2.45) is 5.73 Å². The van der Waals surface area contributed by atoms with E-state index in [1.165, 1.54) is 0 Å². The van der Waals surface area contributed by atoms with Gasteiger partial charge in [0.2, 0.25) is 5.91 Å². The number of rotatable bonds is 5. The molecule has 0 fully saturated rings. The zero-order valence-corrected chi connectivity index (χ0v) is 9.29. The van der Waals surface area contributed by atoms with E-state index >= 15 is 0 Å². The highest BCUT2D eigenvalue weighted by Crippen LogP contribution is 2.13. The van der Waals surface area contributed by atoms with Crippen LogP contribution in [0.25, 0.3) is 0 Å². The van der Waals surface area contributed by atoms with E-state index < -0.39 is 0 Å². The highest BCUT2D eigenvalue weighted by Gasteiger charge is 2.05. The van der Waals surface area contributed by atoms with E-state index in [1.807, 2.05) is 12.1 Å². The number of hydrogen-bond donors (Lipinski definition) is 2. The Morgan fingerprint density at radius 3 is 2.60 bits per heavy atom. The number of amides is 1. The van der Waals surface area contributed by atoms with Crippen molar-refractivity contribution in [1.82, 2.24) is 0 Å². The Balaban J connectivity index is 2.77. The van der Waals surface area contributed by atoms with Crippen LogP contribution in [0.1, 0.15) is 37.0 Å². The van der Waals surface area contributed by atoms with Crippen LogP contribution in [-0.4, -0.2) is 11.9 Å². The summed E-state index contributed by atoms with van der Waals surface area (Å²) in [6.45, 7) is 4.28. The highest BCUT2D eigenvalue weighted by molar-refractivity contribution is 5.93. The van der Waals surface area contributed by atoms with Crippen molar-refractivity contribution in [1.29, 1.82) is 0 Å². The van der Waals surface area contributed by atoms with Gasteiger partial charge in [0.1, 0.15) is 0 Å². The van der Waals surface area contributed by atoms with E-state index in [0.717, 1.165) is 18.5 Å². The summed E-state index contributed by atoms with van der Waals surface area (Å²) < 4.78 is 0. The van der Waals surface area contributed by atoms with Gasteiger partial charge in [-0.15, -0.1) is 0 Å². The van der Waals surface area contributed by atoms with Crippen molar-refractivity contribution in [3.05, 3.63) is 29.8 Å². The Labute approximate surface area is 90.7 Å². The smallest absolute Gasteiger partial charge is 0.248 e. The fourth-order valence-electron chi connectivity index (χ4n) is 1.49. The summed E-state index contributed by atoms with van der Waals surface area (Å²) in [6, 6.07) is 7.75. The molecule has 82 valence electrons. The first-order valence-corrected chi connectivity index (χ1v) is 5.33. The van der Waals surface area contributed by atoms with Gasteiger partial charge in [-0.3, -0.25) is 4.79 Å². The van der Waals surface area contributed by atoms with Gasteiger partial charge in [-0.2, -0.15) is 0 Å². The van der Waals surface area contributed by atoms with E-state index in [-0.39, 0.29) is 5.91 Å². The number of nitrogens with one attached hydrogen (secondary N) is 1. The average molecular weight is 206 g/mol. The molecule has 3 nitrogen and oxygen atoms in total. The van der Waals surface area contributed by atoms with Crippen molar-refractivity contribution in [2.75, 3.05) is 5.32 Å². The van der Waals surface area contributed by atoms with Gasteiger partial charge in [-0.1, -0.05) is 19.9 Å². The minimum Gasteiger partial charge on any atom is -0.382 e. The van der Waals surface area contributed by atoms with Crippen LogP contribution in [0.4, 0.5) is 5.69 Å². The number of benzene rings is 1. The summed E-state index contributed by atoms with van der Waals surface area (Å²) >= 11 is 0. The molecule has 0 radical (unpaired) electrons. The molecule has 0 heterocycles. The molecule has 0 bridgehead atoms. The minimum absolute atomic E-state index is 0.386. The van der Waals surface area contributed by atoms with Crippen molar-refractivity contribution in [3.63, 3.8) is 0 Å². The third-order valence-corrected chi connectivity index (χ3v) is 2.50. The van der Waals surface area contributed by atoms with E-state index in [0.29, 0.717) is 11.6 Å². The molecule has 3 heteroatoms. The number of nitrogens with two attached hydrogens (primary N) is 1. The lowest BCUT2D eigenvalue weighted by Crippen LogP contribution is -2.17. The molecule has 0 aliphatic rings. The van der Waals surface area contributed by atoms with Crippen molar-refractivity contribution in [3.8, 4) is 0 Å². The van der Waals surface area contributed by atoms with Crippen LogP contribution < -0.4 is 11.1 Å². The van der Waals surface area contributed by atoms with Crippen LogP contribution in [0.5, 0.6) is 0 Å². The highest BCUT2D eigenvalue weighted by atomic mass is 16.1. The zero-order valence-electron chi connectivity index (χ0n) is 9.29. The van der Waals surface area contributed by atoms with Gasteiger partial charge < -0.3 is 11.1 Å². The molecule has 0 aliphatic heterocycles. The van der Waals surface area contributed by atoms with Crippen molar-refractivity contribution in [2.45, 2.75) is 32.7 Å². The normalized spacial score (nSPS) is 10.3. The van der Waals surface area contributed by atoms with Crippen molar-refractivity contribution < 1.29 is 4.79 Å². The summed E-state index contributed by atoms with van der Waals surface area (Å²) in [5, 5.41) is 3.37. The first-order chi connectivity index (χ1) is 7.17. The van der Waals surface area contributed by atoms with Crippen LogP contribution in [0.3, 0.4) is 0 Å². The van der Waals surface area contributed by atoms with E-state index in [2.05, 4.69) is 19.2 Å². The summed E-state index contributed by atoms with van der Waals surface area (Å²) in [6.07, 6.45) is 2.13. The lowest BCUT2D eigenvalue weighted by atomic mass is 10.1. The van der Waals surface area contributed by atoms with Crippen LogP contribution in [0, 0.1) is 0 Å². The topological polar surface area (TPSA) is 55.1 Å². The predicted octanol–water partition coefficient (Wildman–Crippen LogP) is 2.39. The van der Waals surface area contributed by atoms with Crippen LogP contribution >= 0.6 is 0 Å². The second-order valence-corrected chi connectivity index (χ2v) is 3.60. The fraction of sp³-hybridized carbons (Fsp3) is 0.417. The second kappa shape index (κ2) is 5.39. The third kappa shape index (κ3) is 3.27. The molecule has 3 N–H and O–H groups in total. The van der Waals surface area contributed by atoms with Gasteiger partial charge in [0, 0.05) is 17.3 Å². The molecule has 0 aromatic heterocycles. The van der Waals surface area contributed by atoms with Crippen LogP contribution in [0.15, 0.2) is 24.3 Å². The number of hydrogen-bond acceptors (Lipinski definition) is 2. The molecular formula is C12H18N2O.